The lowest BCUT2D eigenvalue weighted by atomic mass is 9.84. The smallest absolute Gasteiger partial charge is 0.126 e. The Kier molecular flexibility index (Phi) is 4.94. The normalized spacial score (nSPS) is 20.5. The monoisotopic (exact) mass is 264 g/mol. The number of hydrogen-bond donors (Lipinski definition) is 2. The maximum Gasteiger partial charge on any atom is 0.126 e. The van der Waals surface area contributed by atoms with Gasteiger partial charge in [0, 0.05) is 12.0 Å². The first-order valence-electron chi connectivity index (χ1n) is 7.26. The number of benzene rings is 1. The van der Waals surface area contributed by atoms with Gasteiger partial charge in [-0.2, -0.15) is 0 Å². The first-order valence-corrected chi connectivity index (χ1v) is 7.26. The van der Waals surface area contributed by atoms with E-state index in [-0.39, 0.29) is 11.2 Å². The van der Waals surface area contributed by atoms with Crippen LogP contribution >= 0.6 is 0 Å². The fourth-order valence-corrected chi connectivity index (χ4v) is 2.79. The third kappa shape index (κ3) is 4.02. The van der Waals surface area contributed by atoms with Gasteiger partial charge in [0.15, 0.2) is 0 Å². The molecule has 2 N–H and O–H groups in total. The minimum Gasteiger partial charge on any atom is -0.316 e. The van der Waals surface area contributed by atoms with Crippen LogP contribution < -0.4 is 10.6 Å². The third-order valence-corrected chi connectivity index (χ3v) is 4.00. The van der Waals surface area contributed by atoms with Crippen LogP contribution in [-0.2, 0) is 5.41 Å². The quantitative estimate of drug-likeness (QED) is 0.854. The fraction of sp³-hybridized carbons (Fsp3) is 0.625. The lowest BCUT2D eigenvalue weighted by Gasteiger charge is -2.29. The molecule has 1 aliphatic rings. The first-order chi connectivity index (χ1) is 9.09. The van der Waals surface area contributed by atoms with E-state index in [1.807, 2.05) is 12.1 Å². The molecular formula is C16H25FN2. The van der Waals surface area contributed by atoms with Crippen LogP contribution in [0.25, 0.3) is 0 Å². The summed E-state index contributed by atoms with van der Waals surface area (Å²) in [5, 5.41) is 6.94. The largest absolute Gasteiger partial charge is 0.316 e. The predicted octanol–water partition coefficient (Wildman–Crippen LogP) is 2.69. The zero-order valence-electron chi connectivity index (χ0n) is 12.0. The second-order valence-electron chi connectivity index (χ2n) is 6.21. The molecule has 1 aromatic carbocycles. The Morgan fingerprint density at radius 2 is 2.16 bits per heavy atom. The molecule has 0 bridgehead atoms. The zero-order chi connectivity index (χ0) is 13.7. The van der Waals surface area contributed by atoms with Gasteiger partial charge in [-0.15, -0.1) is 0 Å². The Labute approximate surface area is 115 Å². The summed E-state index contributed by atoms with van der Waals surface area (Å²) in [6.07, 6.45) is 2.56. The molecule has 0 saturated carbocycles. The lowest BCUT2D eigenvalue weighted by molar-refractivity contribution is 0.343. The van der Waals surface area contributed by atoms with Gasteiger partial charge in [0.1, 0.15) is 5.82 Å². The van der Waals surface area contributed by atoms with Crippen molar-refractivity contribution in [3.05, 3.63) is 35.6 Å². The van der Waals surface area contributed by atoms with Gasteiger partial charge in [-0.05, 0) is 50.0 Å². The van der Waals surface area contributed by atoms with E-state index in [2.05, 4.69) is 24.5 Å². The van der Waals surface area contributed by atoms with Crippen LogP contribution in [0.3, 0.4) is 0 Å². The topological polar surface area (TPSA) is 24.1 Å². The van der Waals surface area contributed by atoms with Crippen molar-refractivity contribution in [3.8, 4) is 0 Å². The second-order valence-corrected chi connectivity index (χ2v) is 6.21. The number of halogens is 1. The number of rotatable bonds is 5. The number of piperidine rings is 1. The van der Waals surface area contributed by atoms with Gasteiger partial charge in [-0.3, -0.25) is 0 Å². The molecule has 106 valence electrons. The van der Waals surface area contributed by atoms with Crippen LogP contribution in [0.2, 0.25) is 0 Å². The molecule has 19 heavy (non-hydrogen) atoms. The van der Waals surface area contributed by atoms with Crippen molar-refractivity contribution in [1.29, 1.82) is 0 Å². The van der Waals surface area contributed by atoms with Crippen LogP contribution in [0.4, 0.5) is 4.39 Å². The Bertz CT molecular complexity index is 397. The average Bonchev–Trinajstić information content (AvgIpc) is 2.40. The molecule has 0 spiro atoms. The average molecular weight is 264 g/mol. The summed E-state index contributed by atoms with van der Waals surface area (Å²) in [5.41, 5.74) is 0.622. The maximum absolute atomic E-state index is 13.8. The highest BCUT2D eigenvalue weighted by molar-refractivity contribution is 5.25. The third-order valence-electron chi connectivity index (χ3n) is 4.00. The summed E-state index contributed by atoms with van der Waals surface area (Å²) in [6, 6.07) is 7.09. The fourth-order valence-electron chi connectivity index (χ4n) is 2.79. The van der Waals surface area contributed by atoms with E-state index < -0.39 is 0 Å². The zero-order valence-corrected chi connectivity index (χ0v) is 12.0. The van der Waals surface area contributed by atoms with Crippen LogP contribution in [-0.4, -0.2) is 26.2 Å². The van der Waals surface area contributed by atoms with Crippen LogP contribution in [0, 0.1) is 11.7 Å². The van der Waals surface area contributed by atoms with E-state index in [4.69, 9.17) is 0 Å². The molecule has 1 aromatic rings. The van der Waals surface area contributed by atoms with Crippen molar-refractivity contribution < 1.29 is 4.39 Å². The SMILES string of the molecule is CC(C)(CNCC1CCCNC1)c1ccccc1F. The molecular weight excluding hydrogens is 239 g/mol. The highest BCUT2D eigenvalue weighted by Gasteiger charge is 2.24. The molecule has 0 radical (unpaired) electrons. The van der Waals surface area contributed by atoms with Gasteiger partial charge in [0.2, 0.25) is 0 Å². The molecule has 0 amide bonds. The van der Waals surface area contributed by atoms with Gasteiger partial charge >= 0.3 is 0 Å². The molecule has 0 aliphatic carbocycles. The van der Waals surface area contributed by atoms with E-state index in [0.29, 0.717) is 5.92 Å². The van der Waals surface area contributed by atoms with Crippen LogP contribution in [0.1, 0.15) is 32.3 Å². The Balaban J connectivity index is 1.85. The van der Waals surface area contributed by atoms with E-state index >= 15 is 0 Å². The van der Waals surface area contributed by atoms with Crippen molar-refractivity contribution in [2.75, 3.05) is 26.2 Å². The van der Waals surface area contributed by atoms with Crippen molar-refractivity contribution >= 4 is 0 Å². The number of hydrogen-bond acceptors (Lipinski definition) is 2. The summed E-state index contributed by atoms with van der Waals surface area (Å²) in [7, 11) is 0. The first kappa shape index (κ1) is 14.5. The molecule has 1 atom stereocenters. The Morgan fingerprint density at radius 1 is 1.37 bits per heavy atom. The molecule has 1 heterocycles. The summed E-state index contributed by atoms with van der Waals surface area (Å²) >= 11 is 0. The summed E-state index contributed by atoms with van der Waals surface area (Å²) in [5.74, 6) is 0.610. The molecule has 1 fully saturated rings. The van der Waals surface area contributed by atoms with E-state index in [9.17, 15) is 4.39 Å². The highest BCUT2D eigenvalue weighted by atomic mass is 19.1. The van der Waals surface area contributed by atoms with Gasteiger partial charge in [-0.1, -0.05) is 32.0 Å². The minimum absolute atomic E-state index is 0.103. The summed E-state index contributed by atoms with van der Waals surface area (Å²) in [6.45, 7) is 8.27. The van der Waals surface area contributed by atoms with Crippen molar-refractivity contribution in [2.24, 2.45) is 5.92 Å². The van der Waals surface area contributed by atoms with Gasteiger partial charge < -0.3 is 10.6 Å². The molecule has 3 heteroatoms. The highest BCUT2D eigenvalue weighted by Crippen LogP contribution is 2.24. The van der Waals surface area contributed by atoms with Gasteiger partial charge in [-0.25, -0.2) is 4.39 Å². The van der Waals surface area contributed by atoms with Gasteiger partial charge in [0.05, 0.1) is 0 Å². The molecule has 1 aliphatic heterocycles. The van der Waals surface area contributed by atoms with E-state index in [0.717, 1.165) is 31.7 Å². The lowest BCUT2D eigenvalue weighted by Crippen LogP contribution is -2.40. The molecule has 1 unspecified atom stereocenters. The maximum atomic E-state index is 13.8. The van der Waals surface area contributed by atoms with Crippen molar-refractivity contribution in [2.45, 2.75) is 32.1 Å². The van der Waals surface area contributed by atoms with E-state index in [1.54, 1.807) is 12.1 Å². The summed E-state index contributed by atoms with van der Waals surface area (Å²) < 4.78 is 13.8. The molecule has 2 rings (SSSR count). The molecule has 2 nitrogen and oxygen atoms in total. The van der Waals surface area contributed by atoms with Crippen molar-refractivity contribution in [1.82, 2.24) is 10.6 Å². The second kappa shape index (κ2) is 6.49. The van der Waals surface area contributed by atoms with Gasteiger partial charge in [0.25, 0.3) is 0 Å². The Hall–Kier alpha value is -0.930. The van der Waals surface area contributed by atoms with Crippen LogP contribution in [0.15, 0.2) is 24.3 Å². The summed E-state index contributed by atoms with van der Waals surface area (Å²) in [4.78, 5) is 0. The Morgan fingerprint density at radius 3 is 2.84 bits per heavy atom. The van der Waals surface area contributed by atoms with Crippen molar-refractivity contribution in [3.63, 3.8) is 0 Å². The number of nitrogens with one attached hydrogen (secondary N) is 2. The molecule has 1 saturated heterocycles. The van der Waals surface area contributed by atoms with E-state index in [1.165, 1.54) is 12.8 Å². The minimum atomic E-state index is -0.173. The standard InChI is InChI=1S/C16H25FN2/c1-16(2,14-7-3-4-8-15(14)17)12-19-11-13-6-5-9-18-10-13/h3-4,7-8,13,18-19H,5-6,9-12H2,1-2H3. The van der Waals surface area contributed by atoms with Crippen LogP contribution in [0.5, 0.6) is 0 Å². The predicted molar refractivity (Wildman–Crippen MR) is 77.9 cm³/mol. The molecule has 0 aromatic heterocycles.